The molecule has 15 heavy (non-hydrogen) atoms. The molecule has 0 radical (unpaired) electrons. The van der Waals surface area contributed by atoms with Crippen LogP contribution in [0, 0.1) is 5.92 Å². The lowest BCUT2D eigenvalue weighted by molar-refractivity contribution is 0.300. The lowest BCUT2D eigenvalue weighted by atomic mass is 10.0. The summed E-state index contributed by atoms with van der Waals surface area (Å²) in [5, 5.41) is 0. The molecule has 0 N–H and O–H groups in total. The first-order chi connectivity index (χ1) is 7.33. The van der Waals surface area contributed by atoms with Gasteiger partial charge in [-0.2, -0.15) is 0 Å². The molecule has 0 aliphatic carbocycles. The third-order valence-electron chi connectivity index (χ3n) is 2.80. The third kappa shape index (κ3) is 5.46. The Bertz CT molecular complexity index is 243. The van der Waals surface area contributed by atoms with Crippen molar-refractivity contribution in [2.45, 2.75) is 39.5 Å². The van der Waals surface area contributed by atoms with Crippen LogP contribution in [0.15, 0.2) is 30.3 Å². The van der Waals surface area contributed by atoms with Gasteiger partial charge < -0.3 is 4.74 Å². The second-order valence-corrected chi connectivity index (χ2v) is 4.17. The average Bonchev–Trinajstić information content (AvgIpc) is 2.29. The van der Waals surface area contributed by atoms with Crippen molar-refractivity contribution in [3.8, 4) is 5.75 Å². The molecule has 1 aromatic rings. The largest absolute Gasteiger partial charge is 0.494 e. The molecule has 1 rings (SSSR count). The molecule has 1 aromatic carbocycles. The van der Waals surface area contributed by atoms with Gasteiger partial charge in [-0.25, -0.2) is 0 Å². The molecule has 1 unspecified atom stereocenters. The quantitative estimate of drug-likeness (QED) is 0.605. The zero-order valence-electron chi connectivity index (χ0n) is 9.91. The lowest BCUT2D eigenvalue weighted by Crippen LogP contribution is -1.99. The molecular weight excluding hydrogens is 184 g/mol. The van der Waals surface area contributed by atoms with Gasteiger partial charge >= 0.3 is 0 Å². The van der Waals surface area contributed by atoms with E-state index in [2.05, 4.69) is 13.8 Å². The molecule has 0 aromatic heterocycles. The summed E-state index contributed by atoms with van der Waals surface area (Å²) < 4.78 is 5.62. The molecule has 0 saturated carbocycles. The predicted octanol–water partition coefficient (Wildman–Crippen LogP) is 4.28. The number of ether oxygens (including phenoxy) is 1. The summed E-state index contributed by atoms with van der Waals surface area (Å²) in [4.78, 5) is 0. The highest BCUT2D eigenvalue weighted by Gasteiger charge is 1.98. The minimum Gasteiger partial charge on any atom is -0.494 e. The van der Waals surface area contributed by atoms with Gasteiger partial charge in [-0.1, -0.05) is 44.9 Å². The smallest absolute Gasteiger partial charge is 0.119 e. The summed E-state index contributed by atoms with van der Waals surface area (Å²) in [5.41, 5.74) is 0. The molecule has 0 bridgehead atoms. The van der Waals surface area contributed by atoms with Gasteiger partial charge in [0.05, 0.1) is 6.61 Å². The fraction of sp³-hybridized carbons (Fsp3) is 0.571. The van der Waals surface area contributed by atoms with Gasteiger partial charge in [-0.05, 0) is 30.9 Å². The van der Waals surface area contributed by atoms with Crippen molar-refractivity contribution < 1.29 is 4.74 Å². The fourth-order valence-corrected chi connectivity index (χ4v) is 1.51. The monoisotopic (exact) mass is 206 g/mol. The van der Waals surface area contributed by atoms with Crippen LogP contribution in [0.4, 0.5) is 0 Å². The van der Waals surface area contributed by atoms with Crippen LogP contribution >= 0.6 is 0 Å². The van der Waals surface area contributed by atoms with Gasteiger partial charge in [0, 0.05) is 0 Å². The highest BCUT2D eigenvalue weighted by molar-refractivity contribution is 5.20. The normalized spacial score (nSPS) is 12.4. The van der Waals surface area contributed by atoms with Gasteiger partial charge in [0.25, 0.3) is 0 Å². The second-order valence-electron chi connectivity index (χ2n) is 4.17. The van der Waals surface area contributed by atoms with Crippen molar-refractivity contribution in [1.29, 1.82) is 0 Å². The molecule has 0 saturated heterocycles. The molecule has 0 amide bonds. The van der Waals surface area contributed by atoms with Gasteiger partial charge in [0.2, 0.25) is 0 Å². The number of hydrogen-bond acceptors (Lipinski definition) is 1. The summed E-state index contributed by atoms with van der Waals surface area (Å²) in [6, 6.07) is 10.0. The lowest BCUT2D eigenvalue weighted by Gasteiger charge is -2.08. The first-order valence-corrected chi connectivity index (χ1v) is 6.00. The molecule has 0 aliphatic heterocycles. The molecular formula is C14H22O. The van der Waals surface area contributed by atoms with Crippen molar-refractivity contribution in [2.75, 3.05) is 6.61 Å². The number of hydrogen-bond donors (Lipinski definition) is 0. The van der Waals surface area contributed by atoms with Crippen molar-refractivity contribution in [1.82, 2.24) is 0 Å². The summed E-state index contributed by atoms with van der Waals surface area (Å²) in [5.74, 6) is 1.85. The third-order valence-corrected chi connectivity index (χ3v) is 2.80. The zero-order chi connectivity index (χ0) is 10.9. The molecule has 1 atom stereocenters. The standard InChI is InChI=1S/C14H22O/c1-3-13(2)9-7-8-12-15-14-10-5-4-6-11-14/h4-6,10-11,13H,3,7-9,12H2,1-2H3. The number of rotatable bonds is 7. The van der Waals surface area contributed by atoms with E-state index in [1.54, 1.807) is 0 Å². The van der Waals surface area contributed by atoms with Gasteiger partial charge in [0.1, 0.15) is 5.75 Å². The Morgan fingerprint density at radius 1 is 1.13 bits per heavy atom. The Morgan fingerprint density at radius 2 is 1.87 bits per heavy atom. The number of benzene rings is 1. The number of para-hydroxylation sites is 1. The van der Waals surface area contributed by atoms with E-state index in [1.165, 1.54) is 25.7 Å². The fourth-order valence-electron chi connectivity index (χ4n) is 1.51. The van der Waals surface area contributed by atoms with E-state index in [-0.39, 0.29) is 0 Å². The SMILES string of the molecule is CCC(C)CCCCOc1ccccc1. The van der Waals surface area contributed by atoms with Crippen LogP contribution in [0.25, 0.3) is 0 Å². The van der Waals surface area contributed by atoms with E-state index in [0.717, 1.165) is 18.3 Å². The van der Waals surface area contributed by atoms with Crippen molar-refractivity contribution >= 4 is 0 Å². The van der Waals surface area contributed by atoms with Crippen molar-refractivity contribution in [3.63, 3.8) is 0 Å². The molecule has 0 aliphatic rings. The first-order valence-electron chi connectivity index (χ1n) is 6.00. The first kappa shape index (κ1) is 12.1. The van der Waals surface area contributed by atoms with E-state index in [4.69, 9.17) is 4.74 Å². The van der Waals surface area contributed by atoms with Crippen molar-refractivity contribution in [2.24, 2.45) is 5.92 Å². The van der Waals surface area contributed by atoms with E-state index in [0.29, 0.717) is 0 Å². The van der Waals surface area contributed by atoms with E-state index in [9.17, 15) is 0 Å². The maximum absolute atomic E-state index is 5.62. The average molecular weight is 206 g/mol. The van der Waals surface area contributed by atoms with Crippen LogP contribution in [0.1, 0.15) is 39.5 Å². The van der Waals surface area contributed by atoms with Crippen LogP contribution in [0.5, 0.6) is 5.75 Å². The molecule has 0 heterocycles. The maximum Gasteiger partial charge on any atom is 0.119 e. The Morgan fingerprint density at radius 3 is 2.53 bits per heavy atom. The van der Waals surface area contributed by atoms with Crippen LogP contribution in [0.3, 0.4) is 0 Å². The summed E-state index contributed by atoms with van der Waals surface area (Å²) in [6.45, 7) is 5.42. The Kier molecular flexibility index (Phi) is 5.91. The van der Waals surface area contributed by atoms with Crippen LogP contribution in [-0.4, -0.2) is 6.61 Å². The highest BCUT2D eigenvalue weighted by atomic mass is 16.5. The minimum atomic E-state index is 0.848. The summed E-state index contributed by atoms with van der Waals surface area (Å²) in [7, 11) is 0. The van der Waals surface area contributed by atoms with E-state index < -0.39 is 0 Å². The molecule has 0 fully saturated rings. The van der Waals surface area contributed by atoms with E-state index in [1.807, 2.05) is 30.3 Å². The summed E-state index contributed by atoms with van der Waals surface area (Å²) >= 11 is 0. The minimum absolute atomic E-state index is 0.848. The van der Waals surface area contributed by atoms with Gasteiger partial charge in [-0.3, -0.25) is 0 Å². The van der Waals surface area contributed by atoms with Crippen LogP contribution in [-0.2, 0) is 0 Å². The Labute approximate surface area is 93.5 Å². The molecule has 84 valence electrons. The van der Waals surface area contributed by atoms with Gasteiger partial charge in [-0.15, -0.1) is 0 Å². The zero-order valence-corrected chi connectivity index (χ0v) is 9.91. The van der Waals surface area contributed by atoms with Gasteiger partial charge in [0.15, 0.2) is 0 Å². The Hall–Kier alpha value is -0.980. The number of unbranched alkanes of at least 4 members (excludes halogenated alkanes) is 1. The molecule has 0 spiro atoms. The molecule has 1 nitrogen and oxygen atoms in total. The molecule has 1 heteroatoms. The second kappa shape index (κ2) is 7.33. The van der Waals surface area contributed by atoms with E-state index >= 15 is 0 Å². The van der Waals surface area contributed by atoms with Crippen molar-refractivity contribution in [3.05, 3.63) is 30.3 Å². The Balaban J connectivity index is 2.03. The predicted molar refractivity (Wildman–Crippen MR) is 65.2 cm³/mol. The topological polar surface area (TPSA) is 9.23 Å². The summed E-state index contributed by atoms with van der Waals surface area (Å²) in [6.07, 6.45) is 5.06. The van der Waals surface area contributed by atoms with Crippen LogP contribution in [0.2, 0.25) is 0 Å². The van der Waals surface area contributed by atoms with Crippen LogP contribution < -0.4 is 4.74 Å². The highest BCUT2D eigenvalue weighted by Crippen LogP contribution is 2.12. The maximum atomic E-state index is 5.62.